The van der Waals surface area contributed by atoms with E-state index in [9.17, 15) is 9.59 Å². The van der Waals surface area contributed by atoms with Crippen molar-refractivity contribution in [1.29, 1.82) is 0 Å². The van der Waals surface area contributed by atoms with Crippen LogP contribution in [0.3, 0.4) is 0 Å². The van der Waals surface area contributed by atoms with E-state index in [-0.39, 0.29) is 18.0 Å². The second-order valence-electron chi connectivity index (χ2n) is 10.5. The van der Waals surface area contributed by atoms with Crippen LogP contribution in [0.15, 0.2) is 72.8 Å². The summed E-state index contributed by atoms with van der Waals surface area (Å²) in [6.07, 6.45) is 5.24. The smallest absolute Gasteiger partial charge is 0.323 e. The summed E-state index contributed by atoms with van der Waals surface area (Å²) in [5.41, 5.74) is 4.02. The first-order chi connectivity index (χ1) is 19.6. The van der Waals surface area contributed by atoms with E-state index in [4.69, 9.17) is 9.47 Å². The van der Waals surface area contributed by atoms with Crippen LogP contribution in [0.25, 0.3) is 0 Å². The largest absolute Gasteiger partial charge is 0.497 e. The van der Waals surface area contributed by atoms with Gasteiger partial charge in [-0.2, -0.15) is 0 Å². The molecule has 8 heteroatoms. The molecule has 2 saturated heterocycles. The molecule has 1 unspecified atom stereocenters. The molecule has 2 heterocycles. The number of benzene rings is 3. The summed E-state index contributed by atoms with van der Waals surface area (Å²) < 4.78 is 10.9. The highest BCUT2D eigenvalue weighted by Gasteiger charge is 2.25. The standard InChI is InChI=1S/C32H38N4O4/c1-39-27-12-9-25(10-13-27)34-32(38)35-26-11-14-30(29(21-26)31(37)33-22-28-8-5-19-40-28)36-17-15-24(16-18-36)20-23-6-3-2-4-7-23/h2-4,6-7,9-14,21,24,28H,5,8,15-20,22H2,1H3,(H,33,37)(H2,34,35,38). The third-order valence-corrected chi connectivity index (χ3v) is 7.68. The molecule has 0 saturated carbocycles. The highest BCUT2D eigenvalue weighted by atomic mass is 16.5. The summed E-state index contributed by atoms with van der Waals surface area (Å²) in [4.78, 5) is 28.4. The van der Waals surface area contributed by atoms with E-state index < -0.39 is 0 Å². The lowest BCUT2D eigenvalue weighted by Gasteiger charge is -2.35. The molecule has 0 aliphatic carbocycles. The summed E-state index contributed by atoms with van der Waals surface area (Å²) >= 11 is 0. The second kappa shape index (κ2) is 13.3. The Morgan fingerprint density at radius 3 is 2.35 bits per heavy atom. The molecule has 2 aliphatic rings. The summed E-state index contributed by atoms with van der Waals surface area (Å²) in [6.45, 7) is 2.99. The Morgan fingerprint density at radius 1 is 0.925 bits per heavy atom. The molecule has 0 aromatic heterocycles. The maximum absolute atomic E-state index is 13.4. The van der Waals surface area contributed by atoms with Gasteiger partial charge in [0, 0.05) is 43.3 Å². The number of nitrogens with zero attached hydrogens (tertiary/aromatic N) is 1. The predicted molar refractivity (Wildman–Crippen MR) is 158 cm³/mol. The summed E-state index contributed by atoms with van der Waals surface area (Å²) in [6, 6.07) is 22.9. The Kier molecular flexibility index (Phi) is 9.18. The normalized spacial score (nSPS) is 17.3. The number of nitrogens with one attached hydrogen (secondary N) is 3. The van der Waals surface area contributed by atoms with Gasteiger partial charge in [-0.05, 0) is 86.1 Å². The van der Waals surface area contributed by atoms with Gasteiger partial charge in [0.15, 0.2) is 0 Å². The van der Waals surface area contributed by atoms with Gasteiger partial charge in [0.25, 0.3) is 5.91 Å². The fourth-order valence-electron chi connectivity index (χ4n) is 5.47. The molecule has 0 spiro atoms. The summed E-state index contributed by atoms with van der Waals surface area (Å²) in [5.74, 6) is 1.18. The molecular formula is C32H38N4O4. The van der Waals surface area contributed by atoms with Crippen LogP contribution in [0.4, 0.5) is 21.9 Å². The molecule has 2 aliphatic heterocycles. The quantitative estimate of drug-likeness (QED) is 0.322. The van der Waals surface area contributed by atoms with Crippen molar-refractivity contribution in [2.24, 2.45) is 5.92 Å². The van der Waals surface area contributed by atoms with Gasteiger partial charge < -0.3 is 30.3 Å². The fraction of sp³-hybridized carbons (Fsp3) is 0.375. The topological polar surface area (TPSA) is 91.9 Å². The van der Waals surface area contributed by atoms with Crippen molar-refractivity contribution in [2.75, 3.05) is 48.9 Å². The van der Waals surface area contributed by atoms with Crippen LogP contribution in [-0.4, -0.2) is 51.4 Å². The molecule has 3 aromatic carbocycles. The molecule has 40 heavy (non-hydrogen) atoms. The van der Waals surface area contributed by atoms with Gasteiger partial charge in [-0.1, -0.05) is 30.3 Å². The molecule has 8 nitrogen and oxygen atoms in total. The van der Waals surface area contributed by atoms with E-state index in [0.717, 1.165) is 57.5 Å². The monoisotopic (exact) mass is 542 g/mol. The van der Waals surface area contributed by atoms with E-state index in [1.807, 2.05) is 12.1 Å². The number of anilines is 3. The van der Waals surface area contributed by atoms with Gasteiger partial charge in [0.1, 0.15) is 5.75 Å². The summed E-state index contributed by atoms with van der Waals surface area (Å²) in [5, 5.41) is 8.76. The number of hydrogen-bond acceptors (Lipinski definition) is 5. The lowest BCUT2D eigenvalue weighted by atomic mass is 9.89. The number of rotatable bonds is 9. The fourth-order valence-corrected chi connectivity index (χ4v) is 5.47. The molecule has 1 atom stereocenters. The molecular weight excluding hydrogens is 504 g/mol. The Labute approximate surface area is 236 Å². The van der Waals surface area contributed by atoms with Crippen LogP contribution in [0.5, 0.6) is 5.75 Å². The van der Waals surface area contributed by atoms with Crippen LogP contribution in [0.2, 0.25) is 0 Å². The average molecular weight is 543 g/mol. The van der Waals surface area contributed by atoms with Gasteiger partial charge >= 0.3 is 6.03 Å². The first kappa shape index (κ1) is 27.5. The molecule has 0 radical (unpaired) electrons. The van der Waals surface area contributed by atoms with E-state index in [2.05, 4.69) is 51.2 Å². The minimum atomic E-state index is -0.384. The highest BCUT2D eigenvalue weighted by Crippen LogP contribution is 2.30. The minimum Gasteiger partial charge on any atom is -0.497 e. The average Bonchev–Trinajstić information content (AvgIpc) is 3.51. The molecule has 3 amide bonds. The highest BCUT2D eigenvalue weighted by molar-refractivity contribution is 6.04. The van der Waals surface area contributed by atoms with Crippen LogP contribution in [-0.2, 0) is 11.2 Å². The van der Waals surface area contributed by atoms with Crippen LogP contribution < -0.4 is 25.6 Å². The Morgan fingerprint density at radius 2 is 1.65 bits per heavy atom. The molecule has 3 N–H and O–H groups in total. The zero-order valence-electron chi connectivity index (χ0n) is 23.0. The SMILES string of the molecule is COc1ccc(NC(=O)Nc2ccc(N3CCC(Cc4ccccc4)CC3)c(C(=O)NCC3CCCO3)c2)cc1. The van der Waals surface area contributed by atoms with Crippen molar-refractivity contribution in [2.45, 2.75) is 38.2 Å². The van der Waals surface area contributed by atoms with Gasteiger partial charge in [-0.25, -0.2) is 4.79 Å². The number of urea groups is 1. The van der Waals surface area contributed by atoms with Gasteiger partial charge in [0.05, 0.1) is 18.8 Å². The third kappa shape index (κ3) is 7.33. The van der Waals surface area contributed by atoms with Crippen molar-refractivity contribution in [3.8, 4) is 5.75 Å². The number of hydrogen-bond donors (Lipinski definition) is 3. The molecule has 2 fully saturated rings. The maximum atomic E-state index is 13.4. The van der Waals surface area contributed by atoms with Crippen molar-refractivity contribution in [3.05, 3.63) is 83.9 Å². The number of amides is 3. The number of carbonyl (C=O) groups is 2. The Bertz CT molecular complexity index is 1270. The second-order valence-corrected chi connectivity index (χ2v) is 10.5. The Balaban J connectivity index is 1.27. The third-order valence-electron chi connectivity index (χ3n) is 7.68. The molecule has 0 bridgehead atoms. The van der Waals surface area contributed by atoms with Gasteiger partial charge in [-0.3, -0.25) is 4.79 Å². The van der Waals surface area contributed by atoms with Crippen molar-refractivity contribution in [3.63, 3.8) is 0 Å². The molecule has 210 valence electrons. The molecule has 3 aromatic rings. The van der Waals surface area contributed by atoms with E-state index in [1.165, 1.54) is 5.56 Å². The zero-order valence-corrected chi connectivity index (χ0v) is 23.0. The predicted octanol–water partition coefficient (Wildman–Crippen LogP) is 5.71. The van der Waals surface area contributed by atoms with Crippen LogP contribution >= 0.6 is 0 Å². The van der Waals surface area contributed by atoms with Gasteiger partial charge in [0.2, 0.25) is 0 Å². The lowest BCUT2D eigenvalue weighted by molar-refractivity contribution is 0.0858. The zero-order chi connectivity index (χ0) is 27.7. The number of piperidine rings is 1. The van der Waals surface area contributed by atoms with E-state index in [0.29, 0.717) is 35.2 Å². The molecule has 5 rings (SSSR count). The summed E-state index contributed by atoms with van der Waals surface area (Å²) in [7, 11) is 1.60. The first-order valence-electron chi connectivity index (χ1n) is 14.1. The van der Waals surface area contributed by atoms with E-state index >= 15 is 0 Å². The Hall–Kier alpha value is -4.04. The van der Waals surface area contributed by atoms with Crippen molar-refractivity contribution in [1.82, 2.24) is 5.32 Å². The van der Waals surface area contributed by atoms with Crippen molar-refractivity contribution < 1.29 is 19.1 Å². The minimum absolute atomic E-state index is 0.0534. The van der Waals surface area contributed by atoms with Crippen LogP contribution in [0, 0.1) is 5.92 Å². The number of methoxy groups -OCH3 is 1. The van der Waals surface area contributed by atoms with E-state index in [1.54, 1.807) is 37.4 Å². The first-order valence-corrected chi connectivity index (χ1v) is 14.1. The maximum Gasteiger partial charge on any atom is 0.323 e. The number of ether oxygens (including phenoxy) is 2. The lowest BCUT2D eigenvalue weighted by Crippen LogP contribution is -2.37. The number of carbonyl (C=O) groups excluding carboxylic acids is 2. The van der Waals surface area contributed by atoms with Crippen LogP contribution in [0.1, 0.15) is 41.6 Å². The van der Waals surface area contributed by atoms with Gasteiger partial charge in [-0.15, -0.1) is 0 Å². The van der Waals surface area contributed by atoms with Crippen molar-refractivity contribution >= 4 is 29.0 Å².